The highest BCUT2D eigenvalue weighted by molar-refractivity contribution is 8.00. The molecule has 0 saturated heterocycles. The predicted molar refractivity (Wildman–Crippen MR) is 142 cm³/mol. The second kappa shape index (κ2) is 11.5. The zero-order valence-corrected chi connectivity index (χ0v) is 20.9. The first-order chi connectivity index (χ1) is 16.5. The molecule has 1 aromatic heterocycles. The molecular weight excluding hydrogens is 509 g/mol. The molecule has 0 spiro atoms. The van der Waals surface area contributed by atoms with Gasteiger partial charge < -0.3 is 10.6 Å². The number of carbonyl (C=O) groups excluding carboxylic acids is 2. The molecule has 4 rings (SSSR count). The van der Waals surface area contributed by atoms with Gasteiger partial charge in [-0.3, -0.25) is 9.59 Å². The van der Waals surface area contributed by atoms with Gasteiger partial charge in [-0.25, -0.2) is 4.98 Å². The van der Waals surface area contributed by atoms with Gasteiger partial charge >= 0.3 is 0 Å². The van der Waals surface area contributed by atoms with Crippen molar-refractivity contribution in [3.8, 4) is 11.3 Å². The summed E-state index contributed by atoms with van der Waals surface area (Å²) in [5.41, 5.74) is 3.22. The van der Waals surface area contributed by atoms with Gasteiger partial charge in [-0.05, 0) is 42.0 Å². The van der Waals surface area contributed by atoms with Gasteiger partial charge in [0.25, 0.3) is 0 Å². The smallest absolute Gasteiger partial charge is 0.236 e. The first kappa shape index (κ1) is 24.3. The van der Waals surface area contributed by atoms with E-state index < -0.39 is 0 Å². The summed E-state index contributed by atoms with van der Waals surface area (Å²) in [5, 5.41) is 9.01. The summed E-state index contributed by atoms with van der Waals surface area (Å²) >= 11 is 14.8. The van der Waals surface area contributed by atoms with Crippen molar-refractivity contribution in [3.63, 3.8) is 0 Å². The molecule has 2 N–H and O–H groups in total. The van der Waals surface area contributed by atoms with Gasteiger partial charge in [-0.1, -0.05) is 59.6 Å². The molecule has 0 aliphatic carbocycles. The van der Waals surface area contributed by atoms with Crippen molar-refractivity contribution in [2.24, 2.45) is 0 Å². The van der Waals surface area contributed by atoms with E-state index in [1.54, 1.807) is 12.1 Å². The third-order valence-corrected chi connectivity index (χ3v) is 7.19. The number of amides is 2. The van der Waals surface area contributed by atoms with E-state index in [0.717, 1.165) is 21.7 Å². The average Bonchev–Trinajstić information content (AvgIpc) is 3.29. The van der Waals surface area contributed by atoms with Crippen molar-refractivity contribution in [2.75, 3.05) is 16.4 Å². The second-order valence-corrected chi connectivity index (χ2v) is 9.96. The van der Waals surface area contributed by atoms with Crippen LogP contribution in [0.3, 0.4) is 0 Å². The van der Waals surface area contributed by atoms with Crippen LogP contribution in [0.4, 0.5) is 10.8 Å². The molecule has 5 nitrogen and oxygen atoms in total. The van der Waals surface area contributed by atoms with E-state index in [1.165, 1.54) is 23.1 Å². The van der Waals surface area contributed by atoms with Crippen molar-refractivity contribution in [3.05, 3.63) is 93.8 Å². The van der Waals surface area contributed by atoms with Gasteiger partial charge in [0, 0.05) is 21.5 Å². The number of benzene rings is 3. The first-order valence-corrected chi connectivity index (χ1v) is 12.9. The van der Waals surface area contributed by atoms with Crippen LogP contribution in [0.1, 0.15) is 5.56 Å². The summed E-state index contributed by atoms with van der Waals surface area (Å²) in [6, 6.07) is 22.3. The Balaban J connectivity index is 1.25. The van der Waals surface area contributed by atoms with Gasteiger partial charge in [0.1, 0.15) is 0 Å². The number of hydrogen-bond acceptors (Lipinski definition) is 5. The molecule has 1 heterocycles. The van der Waals surface area contributed by atoms with Crippen molar-refractivity contribution < 1.29 is 9.59 Å². The van der Waals surface area contributed by atoms with E-state index in [4.69, 9.17) is 23.2 Å². The van der Waals surface area contributed by atoms with E-state index >= 15 is 0 Å². The molecule has 0 unspecified atom stereocenters. The third kappa shape index (κ3) is 6.84. The summed E-state index contributed by atoms with van der Waals surface area (Å²) in [4.78, 5) is 29.9. The lowest BCUT2D eigenvalue weighted by Gasteiger charge is -2.07. The molecule has 172 valence electrons. The van der Waals surface area contributed by atoms with Gasteiger partial charge in [0.05, 0.1) is 27.9 Å². The molecule has 0 aliphatic heterocycles. The minimum absolute atomic E-state index is 0.0744. The molecule has 0 fully saturated rings. The number of aromatic nitrogens is 1. The van der Waals surface area contributed by atoms with Crippen LogP contribution in [0.5, 0.6) is 0 Å². The maximum absolute atomic E-state index is 12.4. The summed E-state index contributed by atoms with van der Waals surface area (Å²) in [7, 11) is 0. The molecule has 9 heteroatoms. The predicted octanol–water partition coefficient (Wildman–Crippen LogP) is 7.03. The number of thiazole rings is 1. The molecule has 0 saturated carbocycles. The van der Waals surface area contributed by atoms with Crippen LogP contribution in [0.15, 0.2) is 83.1 Å². The molecule has 0 radical (unpaired) electrons. The van der Waals surface area contributed by atoms with Crippen molar-refractivity contribution in [1.29, 1.82) is 0 Å². The Morgan fingerprint density at radius 2 is 1.65 bits per heavy atom. The third-order valence-electron chi connectivity index (χ3n) is 4.68. The number of hydrogen-bond donors (Lipinski definition) is 2. The summed E-state index contributed by atoms with van der Waals surface area (Å²) < 4.78 is 0. The Morgan fingerprint density at radius 3 is 2.38 bits per heavy atom. The number of anilines is 2. The van der Waals surface area contributed by atoms with Gasteiger partial charge in [-0.2, -0.15) is 0 Å². The fourth-order valence-corrected chi connectivity index (χ4v) is 4.78. The van der Waals surface area contributed by atoms with Crippen molar-refractivity contribution >= 4 is 68.9 Å². The lowest BCUT2D eigenvalue weighted by atomic mass is 10.1. The number of thioether (sulfide) groups is 1. The van der Waals surface area contributed by atoms with Crippen LogP contribution in [-0.2, 0) is 16.0 Å². The largest absolute Gasteiger partial charge is 0.326 e. The minimum Gasteiger partial charge on any atom is -0.326 e. The van der Waals surface area contributed by atoms with Crippen molar-refractivity contribution in [1.82, 2.24) is 4.98 Å². The van der Waals surface area contributed by atoms with E-state index in [2.05, 4.69) is 15.6 Å². The van der Waals surface area contributed by atoms with E-state index in [-0.39, 0.29) is 17.6 Å². The highest BCUT2D eigenvalue weighted by Crippen LogP contribution is 2.30. The van der Waals surface area contributed by atoms with Crippen LogP contribution in [0.25, 0.3) is 11.3 Å². The fourth-order valence-electron chi connectivity index (χ4n) is 3.04. The quantitative estimate of drug-likeness (QED) is 0.241. The standard InChI is InChI=1S/C25H19Cl2N3O2S2/c26-20-11-6-17(13-21(20)27)22-14-34-25(29-22)30-24(32)15-33-19-9-7-18(8-10-19)28-23(31)12-16-4-2-1-3-5-16/h1-11,13-14H,12,15H2,(H,28,31)(H,29,30,32). The highest BCUT2D eigenvalue weighted by atomic mass is 35.5. The van der Waals surface area contributed by atoms with Gasteiger partial charge in [-0.15, -0.1) is 23.1 Å². The van der Waals surface area contributed by atoms with Crippen LogP contribution in [0, 0.1) is 0 Å². The molecule has 0 aliphatic rings. The van der Waals surface area contributed by atoms with Crippen LogP contribution in [0.2, 0.25) is 10.0 Å². The fraction of sp³-hybridized carbons (Fsp3) is 0.0800. The topological polar surface area (TPSA) is 71.1 Å². The monoisotopic (exact) mass is 527 g/mol. The Bertz CT molecular complexity index is 1300. The van der Waals surface area contributed by atoms with E-state index in [0.29, 0.717) is 27.3 Å². The summed E-state index contributed by atoms with van der Waals surface area (Å²) in [6.07, 6.45) is 0.320. The number of nitrogens with zero attached hydrogens (tertiary/aromatic N) is 1. The second-order valence-electron chi connectivity index (χ2n) is 7.24. The molecule has 2 amide bonds. The molecule has 0 bridgehead atoms. The highest BCUT2D eigenvalue weighted by Gasteiger charge is 2.10. The van der Waals surface area contributed by atoms with E-state index in [9.17, 15) is 9.59 Å². The zero-order chi connectivity index (χ0) is 23.9. The molecular formula is C25H19Cl2N3O2S2. The average molecular weight is 528 g/mol. The molecule has 4 aromatic rings. The number of halogens is 2. The Kier molecular flexibility index (Phi) is 8.24. The minimum atomic E-state index is -0.153. The molecule has 3 aromatic carbocycles. The van der Waals surface area contributed by atoms with E-state index in [1.807, 2.05) is 66.0 Å². The summed E-state index contributed by atoms with van der Waals surface area (Å²) in [5.74, 6) is 0.0106. The zero-order valence-electron chi connectivity index (χ0n) is 17.8. The van der Waals surface area contributed by atoms with Crippen LogP contribution >= 0.6 is 46.3 Å². The summed E-state index contributed by atoms with van der Waals surface area (Å²) in [6.45, 7) is 0. The maximum Gasteiger partial charge on any atom is 0.236 e. The maximum atomic E-state index is 12.4. The number of rotatable bonds is 8. The van der Waals surface area contributed by atoms with Gasteiger partial charge in [0.2, 0.25) is 11.8 Å². The normalized spacial score (nSPS) is 10.6. The molecule has 34 heavy (non-hydrogen) atoms. The van der Waals surface area contributed by atoms with Gasteiger partial charge in [0.15, 0.2) is 5.13 Å². The SMILES string of the molecule is O=C(Cc1ccccc1)Nc1ccc(SCC(=O)Nc2nc(-c3ccc(Cl)c(Cl)c3)cs2)cc1. The van der Waals surface area contributed by atoms with Crippen LogP contribution in [-0.4, -0.2) is 22.6 Å². The molecule has 0 atom stereocenters. The Hall–Kier alpha value is -2.84. The first-order valence-electron chi connectivity index (χ1n) is 10.2. The lowest BCUT2D eigenvalue weighted by Crippen LogP contribution is -2.14. The lowest BCUT2D eigenvalue weighted by molar-refractivity contribution is -0.115. The van der Waals surface area contributed by atoms with Crippen LogP contribution < -0.4 is 10.6 Å². The number of nitrogens with one attached hydrogen (secondary N) is 2. The number of carbonyl (C=O) groups is 2. The Morgan fingerprint density at radius 1 is 0.882 bits per heavy atom. The Labute approximate surface area is 215 Å². The van der Waals surface area contributed by atoms with Crippen molar-refractivity contribution in [2.45, 2.75) is 11.3 Å².